The van der Waals surface area contributed by atoms with Crippen molar-refractivity contribution in [3.63, 3.8) is 0 Å². The first kappa shape index (κ1) is 18.7. The van der Waals surface area contributed by atoms with E-state index in [0.717, 1.165) is 6.92 Å². The number of alkyl halides is 1. The Hall–Kier alpha value is -1.37. The zero-order chi connectivity index (χ0) is 17.3. The third kappa shape index (κ3) is 3.69. The van der Waals surface area contributed by atoms with Gasteiger partial charge in [0.2, 0.25) is 11.8 Å². The molecule has 1 fully saturated rings. The fourth-order valence-electron chi connectivity index (χ4n) is 2.16. The Balaban J connectivity index is 3.22. The standard InChI is InChI=1S/C11H18FNO9/c1-4(15)13-8-7(6(17)5(16)2-14)22-11(21,9(18)19)3-10(8,12)20/h5-8,14,16-17,20-21H,2-3H2,1H3,(H,13,15)(H,18,19)/t5-,6-,7+,8+,10+,11+/m1/s1. The number of rotatable bonds is 5. The van der Waals surface area contributed by atoms with E-state index in [9.17, 15) is 34.4 Å². The van der Waals surface area contributed by atoms with Crippen molar-refractivity contribution in [3.05, 3.63) is 0 Å². The molecule has 0 unspecified atom stereocenters. The van der Waals surface area contributed by atoms with E-state index in [-0.39, 0.29) is 0 Å². The van der Waals surface area contributed by atoms with Crippen LogP contribution in [0.25, 0.3) is 0 Å². The number of carboxylic acid groups (broad SMARTS) is 1. The van der Waals surface area contributed by atoms with E-state index >= 15 is 0 Å². The maximum atomic E-state index is 14.3. The van der Waals surface area contributed by atoms with Gasteiger partial charge in [0.15, 0.2) is 0 Å². The number of aliphatic hydroxyl groups is 5. The van der Waals surface area contributed by atoms with E-state index in [4.69, 9.17) is 10.2 Å². The van der Waals surface area contributed by atoms with Crippen molar-refractivity contribution in [2.24, 2.45) is 0 Å². The van der Waals surface area contributed by atoms with Gasteiger partial charge in [-0.2, -0.15) is 0 Å². The van der Waals surface area contributed by atoms with E-state index in [1.54, 1.807) is 0 Å². The molecule has 0 aromatic rings. The third-order valence-electron chi connectivity index (χ3n) is 3.23. The van der Waals surface area contributed by atoms with Crippen LogP contribution in [0.3, 0.4) is 0 Å². The maximum absolute atomic E-state index is 14.3. The van der Waals surface area contributed by atoms with Crippen molar-refractivity contribution < 1.29 is 49.4 Å². The topological polar surface area (TPSA) is 177 Å². The Bertz CT molecular complexity index is 445. The molecule has 1 aliphatic rings. The summed E-state index contributed by atoms with van der Waals surface area (Å²) in [6, 6.07) is -1.99. The average molecular weight is 327 g/mol. The molecule has 1 saturated heterocycles. The number of carbonyl (C=O) groups excluding carboxylic acids is 1. The van der Waals surface area contributed by atoms with Gasteiger partial charge < -0.3 is 40.7 Å². The minimum absolute atomic E-state index is 0.846. The van der Waals surface area contributed by atoms with Crippen molar-refractivity contribution in [1.82, 2.24) is 5.32 Å². The molecule has 11 heteroatoms. The molecule has 0 radical (unpaired) electrons. The van der Waals surface area contributed by atoms with Crippen LogP contribution in [0.15, 0.2) is 0 Å². The number of carbonyl (C=O) groups is 2. The largest absolute Gasteiger partial charge is 0.477 e. The Morgan fingerprint density at radius 3 is 2.36 bits per heavy atom. The number of aliphatic carboxylic acids is 1. The molecular formula is C11H18FNO9. The lowest BCUT2D eigenvalue weighted by molar-refractivity contribution is -0.334. The minimum atomic E-state index is -3.46. The summed E-state index contributed by atoms with van der Waals surface area (Å²) in [5, 5.41) is 58.2. The van der Waals surface area contributed by atoms with Crippen LogP contribution in [0.5, 0.6) is 0 Å². The highest BCUT2D eigenvalue weighted by molar-refractivity contribution is 5.76. The minimum Gasteiger partial charge on any atom is -0.477 e. The summed E-state index contributed by atoms with van der Waals surface area (Å²) in [6.45, 7) is -0.0377. The summed E-state index contributed by atoms with van der Waals surface area (Å²) in [4.78, 5) is 22.1. The van der Waals surface area contributed by atoms with Crippen LogP contribution in [-0.4, -0.2) is 85.1 Å². The van der Waals surface area contributed by atoms with Crippen molar-refractivity contribution in [2.75, 3.05) is 6.61 Å². The van der Waals surface area contributed by atoms with Crippen LogP contribution in [0.1, 0.15) is 13.3 Å². The Kier molecular flexibility index (Phi) is 5.43. The van der Waals surface area contributed by atoms with Crippen LogP contribution in [0, 0.1) is 0 Å². The quantitative estimate of drug-likeness (QED) is 0.269. The van der Waals surface area contributed by atoms with E-state index in [0.29, 0.717) is 0 Å². The number of amides is 1. The fraction of sp³-hybridized carbons (Fsp3) is 0.818. The van der Waals surface area contributed by atoms with Crippen LogP contribution in [-0.2, 0) is 14.3 Å². The van der Waals surface area contributed by atoms with Gasteiger partial charge in [-0.25, -0.2) is 9.18 Å². The summed E-state index contributed by atoms with van der Waals surface area (Å²) < 4.78 is 19.0. The van der Waals surface area contributed by atoms with E-state index in [1.807, 2.05) is 5.32 Å². The van der Waals surface area contributed by atoms with Crippen LogP contribution in [0.2, 0.25) is 0 Å². The van der Waals surface area contributed by atoms with Gasteiger partial charge in [0.05, 0.1) is 13.0 Å². The SMILES string of the molecule is CC(=O)N[C@H]1[C@H]([C@H](O)[C@H](O)CO)O[C@](O)(C(=O)O)C[C@@]1(O)F. The number of hydrogen-bond acceptors (Lipinski definition) is 8. The van der Waals surface area contributed by atoms with Gasteiger partial charge in [-0.15, -0.1) is 0 Å². The smallest absolute Gasteiger partial charge is 0.364 e. The third-order valence-corrected chi connectivity index (χ3v) is 3.23. The first-order valence-corrected chi connectivity index (χ1v) is 6.23. The first-order chi connectivity index (χ1) is 9.94. The summed E-state index contributed by atoms with van der Waals surface area (Å²) >= 11 is 0. The van der Waals surface area contributed by atoms with Crippen molar-refractivity contribution in [2.45, 2.75) is 49.3 Å². The number of aliphatic hydroxyl groups excluding tert-OH is 3. The van der Waals surface area contributed by atoms with E-state index < -0.39 is 60.9 Å². The Morgan fingerprint density at radius 2 is 1.95 bits per heavy atom. The van der Waals surface area contributed by atoms with Crippen molar-refractivity contribution >= 4 is 11.9 Å². The molecule has 0 spiro atoms. The highest BCUT2D eigenvalue weighted by Crippen LogP contribution is 2.37. The molecule has 7 N–H and O–H groups in total. The highest BCUT2D eigenvalue weighted by atomic mass is 19.2. The molecule has 1 aliphatic heterocycles. The number of hydrogen-bond donors (Lipinski definition) is 7. The second-order valence-electron chi connectivity index (χ2n) is 5.09. The van der Waals surface area contributed by atoms with Gasteiger partial charge in [-0.1, -0.05) is 0 Å². The maximum Gasteiger partial charge on any atom is 0.364 e. The second-order valence-corrected chi connectivity index (χ2v) is 5.09. The zero-order valence-electron chi connectivity index (χ0n) is 11.5. The molecule has 1 amide bonds. The van der Waals surface area contributed by atoms with Crippen LogP contribution >= 0.6 is 0 Å². The number of nitrogens with one attached hydrogen (secondary N) is 1. The molecule has 0 aliphatic carbocycles. The lowest BCUT2D eigenvalue weighted by Gasteiger charge is -2.47. The molecule has 0 aromatic carbocycles. The average Bonchev–Trinajstić information content (AvgIpc) is 2.38. The summed E-state index contributed by atoms with van der Waals surface area (Å²) in [6.07, 6.45) is -7.49. The fourth-order valence-corrected chi connectivity index (χ4v) is 2.16. The van der Waals surface area contributed by atoms with Crippen LogP contribution < -0.4 is 5.32 Å². The molecule has 6 atom stereocenters. The molecule has 10 nitrogen and oxygen atoms in total. The van der Waals surface area contributed by atoms with Crippen molar-refractivity contribution in [1.29, 1.82) is 0 Å². The Morgan fingerprint density at radius 1 is 1.41 bits per heavy atom. The summed E-state index contributed by atoms with van der Waals surface area (Å²) in [7, 11) is 0. The number of ether oxygens (including phenoxy) is 1. The van der Waals surface area contributed by atoms with E-state index in [1.165, 1.54) is 0 Å². The monoisotopic (exact) mass is 327 g/mol. The molecular weight excluding hydrogens is 309 g/mol. The zero-order valence-corrected chi connectivity index (χ0v) is 11.5. The first-order valence-electron chi connectivity index (χ1n) is 6.23. The molecule has 1 heterocycles. The predicted octanol–water partition coefficient (Wildman–Crippen LogP) is -3.57. The lowest BCUT2D eigenvalue weighted by atomic mass is 9.87. The van der Waals surface area contributed by atoms with Crippen LogP contribution in [0.4, 0.5) is 4.39 Å². The van der Waals surface area contributed by atoms with E-state index in [2.05, 4.69) is 4.74 Å². The van der Waals surface area contributed by atoms with Gasteiger partial charge in [0, 0.05) is 6.92 Å². The van der Waals surface area contributed by atoms with Gasteiger partial charge in [0.1, 0.15) is 24.4 Å². The highest BCUT2D eigenvalue weighted by Gasteiger charge is 2.61. The van der Waals surface area contributed by atoms with Gasteiger partial charge in [-0.05, 0) is 0 Å². The molecule has 0 aromatic heterocycles. The predicted molar refractivity (Wildman–Crippen MR) is 64.8 cm³/mol. The summed E-state index contributed by atoms with van der Waals surface area (Å²) in [5.41, 5.74) is 0. The molecule has 128 valence electrons. The lowest BCUT2D eigenvalue weighted by Crippen LogP contribution is -2.71. The number of carboxylic acids is 1. The summed E-state index contributed by atoms with van der Waals surface area (Å²) in [5.74, 6) is -9.54. The molecule has 0 bridgehead atoms. The van der Waals surface area contributed by atoms with Crippen molar-refractivity contribution in [3.8, 4) is 0 Å². The second kappa shape index (κ2) is 6.40. The Labute approximate surface area is 123 Å². The molecule has 22 heavy (non-hydrogen) atoms. The van der Waals surface area contributed by atoms with Gasteiger partial charge in [-0.3, -0.25) is 4.79 Å². The normalized spacial score (nSPS) is 38.1. The molecule has 0 saturated carbocycles. The van der Waals surface area contributed by atoms with Gasteiger partial charge >= 0.3 is 5.97 Å². The van der Waals surface area contributed by atoms with Gasteiger partial charge in [0.25, 0.3) is 5.79 Å². The number of halogens is 1. The molecule has 1 rings (SSSR count).